The molecule has 0 heterocycles. The highest BCUT2D eigenvalue weighted by Gasteiger charge is 2.04. The summed E-state index contributed by atoms with van der Waals surface area (Å²) in [6, 6.07) is 0.403. The van der Waals surface area contributed by atoms with Crippen LogP contribution in [0.15, 0.2) is 0 Å². The predicted molar refractivity (Wildman–Crippen MR) is 58.2 cm³/mol. The Labute approximate surface area is 87.2 Å². The minimum atomic E-state index is 0.403. The van der Waals surface area contributed by atoms with Crippen molar-refractivity contribution in [1.82, 2.24) is 5.32 Å². The molecule has 3 nitrogen and oxygen atoms in total. The summed E-state index contributed by atoms with van der Waals surface area (Å²) in [5.74, 6) is 2.63. The van der Waals surface area contributed by atoms with Gasteiger partial charge in [-0.1, -0.05) is 0 Å². The van der Waals surface area contributed by atoms with E-state index in [0.29, 0.717) is 19.3 Å². The second-order valence-electron chi connectivity index (χ2n) is 3.15. The molecule has 14 heavy (non-hydrogen) atoms. The molecule has 0 aliphatic heterocycles. The average Bonchev–Trinajstić information content (AvgIpc) is 2.22. The highest BCUT2D eigenvalue weighted by Crippen LogP contribution is 2.00. The molecule has 0 fully saturated rings. The van der Waals surface area contributed by atoms with Crippen LogP contribution in [-0.2, 0) is 9.47 Å². The molecule has 0 spiro atoms. The summed E-state index contributed by atoms with van der Waals surface area (Å²) in [5.41, 5.74) is 0. The molecule has 3 heteroatoms. The summed E-state index contributed by atoms with van der Waals surface area (Å²) >= 11 is 0. The molecule has 0 saturated carbocycles. The van der Waals surface area contributed by atoms with Gasteiger partial charge in [0, 0.05) is 19.6 Å². The van der Waals surface area contributed by atoms with Gasteiger partial charge in [0.15, 0.2) is 0 Å². The molecule has 0 aromatic carbocycles. The topological polar surface area (TPSA) is 30.5 Å². The minimum absolute atomic E-state index is 0.403. The van der Waals surface area contributed by atoms with E-state index in [1.807, 2.05) is 7.05 Å². The Kier molecular flexibility index (Phi) is 10.1. The van der Waals surface area contributed by atoms with Crippen molar-refractivity contribution >= 4 is 0 Å². The summed E-state index contributed by atoms with van der Waals surface area (Å²) in [7, 11) is 3.62. The maximum atomic E-state index is 5.42. The summed E-state index contributed by atoms with van der Waals surface area (Å²) in [4.78, 5) is 0. The van der Waals surface area contributed by atoms with Crippen LogP contribution in [0.2, 0.25) is 0 Å². The lowest BCUT2D eigenvalue weighted by molar-refractivity contribution is 0.0583. The van der Waals surface area contributed by atoms with Gasteiger partial charge in [-0.15, -0.1) is 12.3 Å². The second-order valence-corrected chi connectivity index (χ2v) is 3.15. The monoisotopic (exact) mass is 199 g/mol. The molecule has 0 bridgehead atoms. The number of hydrogen-bond donors (Lipinski definition) is 1. The third-order valence-corrected chi connectivity index (χ3v) is 2.03. The van der Waals surface area contributed by atoms with Crippen molar-refractivity contribution in [3.8, 4) is 12.3 Å². The standard InChI is InChI=1S/C11H21NO2/c1-4-5-6-7-11(12-2)10-14-9-8-13-3/h1,11-12H,5-10H2,2-3H3. The third-order valence-electron chi connectivity index (χ3n) is 2.03. The fourth-order valence-corrected chi connectivity index (χ4v) is 1.13. The van der Waals surface area contributed by atoms with Gasteiger partial charge in [-0.2, -0.15) is 0 Å². The van der Waals surface area contributed by atoms with Gasteiger partial charge >= 0.3 is 0 Å². The van der Waals surface area contributed by atoms with Gasteiger partial charge in [0.25, 0.3) is 0 Å². The van der Waals surface area contributed by atoms with Crippen molar-refractivity contribution in [3.63, 3.8) is 0 Å². The Morgan fingerprint density at radius 3 is 2.79 bits per heavy atom. The zero-order valence-electron chi connectivity index (χ0n) is 9.21. The number of terminal acetylenes is 1. The minimum Gasteiger partial charge on any atom is -0.382 e. The first kappa shape index (κ1) is 13.4. The van der Waals surface area contributed by atoms with Crippen LogP contribution in [0.4, 0.5) is 0 Å². The lowest BCUT2D eigenvalue weighted by Gasteiger charge is -2.15. The van der Waals surface area contributed by atoms with E-state index in [9.17, 15) is 0 Å². The van der Waals surface area contributed by atoms with E-state index >= 15 is 0 Å². The van der Waals surface area contributed by atoms with Crippen LogP contribution in [0, 0.1) is 12.3 Å². The van der Waals surface area contributed by atoms with Crippen molar-refractivity contribution in [2.45, 2.75) is 25.3 Å². The highest BCUT2D eigenvalue weighted by atomic mass is 16.5. The average molecular weight is 199 g/mol. The van der Waals surface area contributed by atoms with Crippen LogP contribution >= 0.6 is 0 Å². The van der Waals surface area contributed by atoms with Gasteiger partial charge in [-0.3, -0.25) is 0 Å². The van der Waals surface area contributed by atoms with Gasteiger partial charge in [0.1, 0.15) is 0 Å². The van der Waals surface area contributed by atoms with Crippen LogP contribution in [-0.4, -0.2) is 40.0 Å². The van der Waals surface area contributed by atoms with Crippen LogP contribution in [0.1, 0.15) is 19.3 Å². The Hall–Kier alpha value is -0.560. The van der Waals surface area contributed by atoms with Crippen molar-refractivity contribution in [2.24, 2.45) is 0 Å². The van der Waals surface area contributed by atoms with E-state index in [1.54, 1.807) is 7.11 Å². The number of nitrogens with one attached hydrogen (secondary N) is 1. The normalized spacial score (nSPS) is 12.4. The summed E-state index contributed by atoms with van der Waals surface area (Å²) < 4.78 is 10.3. The maximum absolute atomic E-state index is 5.42. The van der Waals surface area contributed by atoms with Gasteiger partial charge in [-0.25, -0.2) is 0 Å². The smallest absolute Gasteiger partial charge is 0.0701 e. The number of likely N-dealkylation sites (N-methyl/N-ethyl adjacent to an activating group) is 1. The largest absolute Gasteiger partial charge is 0.382 e. The lowest BCUT2D eigenvalue weighted by atomic mass is 10.1. The first-order chi connectivity index (χ1) is 6.85. The van der Waals surface area contributed by atoms with Crippen molar-refractivity contribution in [1.29, 1.82) is 0 Å². The number of methoxy groups -OCH3 is 1. The van der Waals surface area contributed by atoms with Crippen LogP contribution in [0.25, 0.3) is 0 Å². The Morgan fingerprint density at radius 2 is 2.21 bits per heavy atom. The maximum Gasteiger partial charge on any atom is 0.0701 e. The lowest BCUT2D eigenvalue weighted by Crippen LogP contribution is -2.30. The molecule has 1 atom stereocenters. The van der Waals surface area contributed by atoms with Crippen molar-refractivity contribution in [3.05, 3.63) is 0 Å². The summed E-state index contributed by atoms with van der Waals surface area (Å²) in [6.07, 6.45) is 8.14. The number of unbranched alkanes of at least 4 members (excludes halogenated alkanes) is 1. The van der Waals surface area contributed by atoms with E-state index < -0.39 is 0 Å². The SMILES string of the molecule is C#CCCCC(COCCOC)NC. The predicted octanol–water partition coefficient (Wildman–Crippen LogP) is 1.04. The molecule has 0 aromatic rings. The molecule has 1 N–H and O–H groups in total. The second kappa shape index (κ2) is 10.5. The number of ether oxygens (including phenoxy) is 2. The Bertz CT molecular complexity index is 154. The molecular weight excluding hydrogens is 178 g/mol. The first-order valence-electron chi connectivity index (χ1n) is 5.02. The Morgan fingerprint density at radius 1 is 1.43 bits per heavy atom. The van der Waals surface area contributed by atoms with Gasteiger partial charge in [-0.05, 0) is 19.9 Å². The molecule has 0 saturated heterocycles. The molecule has 0 radical (unpaired) electrons. The van der Waals surface area contributed by atoms with Crippen LogP contribution in [0.5, 0.6) is 0 Å². The molecule has 82 valence electrons. The highest BCUT2D eigenvalue weighted by molar-refractivity contribution is 4.83. The first-order valence-corrected chi connectivity index (χ1v) is 5.02. The zero-order valence-corrected chi connectivity index (χ0v) is 9.21. The summed E-state index contributed by atoms with van der Waals surface area (Å²) in [6.45, 7) is 2.04. The van der Waals surface area contributed by atoms with Crippen molar-refractivity contribution < 1.29 is 9.47 Å². The molecule has 0 amide bonds. The number of rotatable bonds is 9. The number of hydrogen-bond acceptors (Lipinski definition) is 3. The van der Waals surface area contributed by atoms with E-state index in [-0.39, 0.29) is 0 Å². The van der Waals surface area contributed by atoms with E-state index in [4.69, 9.17) is 15.9 Å². The van der Waals surface area contributed by atoms with E-state index in [0.717, 1.165) is 25.9 Å². The molecule has 0 aliphatic rings. The molecule has 0 aliphatic carbocycles. The quantitative estimate of drug-likeness (QED) is 0.444. The molecular formula is C11H21NO2. The van der Waals surface area contributed by atoms with E-state index in [2.05, 4.69) is 11.2 Å². The van der Waals surface area contributed by atoms with Gasteiger partial charge in [0.05, 0.1) is 19.8 Å². The van der Waals surface area contributed by atoms with Gasteiger partial charge < -0.3 is 14.8 Å². The fraction of sp³-hybridized carbons (Fsp3) is 0.818. The molecule has 0 rings (SSSR count). The fourth-order valence-electron chi connectivity index (χ4n) is 1.13. The third kappa shape index (κ3) is 8.06. The Balaban J connectivity index is 3.34. The van der Waals surface area contributed by atoms with Crippen LogP contribution in [0.3, 0.4) is 0 Å². The summed E-state index contributed by atoms with van der Waals surface area (Å²) in [5, 5.41) is 3.20. The molecule has 0 aromatic heterocycles. The van der Waals surface area contributed by atoms with Gasteiger partial charge in [0.2, 0.25) is 0 Å². The van der Waals surface area contributed by atoms with Crippen LogP contribution < -0.4 is 5.32 Å². The van der Waals surface area contributed by atoms with E-state index in [1.165, 1.54) is 0 Å². The zero-order chi connectivity index (χ0) is 10.6. The van der Waals surface area contributed by atoms with Crippen molar-refractivity contribution in [2.75, 3.05) is 34.0 Å². The molecule has 1 unspecified atom stereocenters.